The summed E-state index contributed by atoms with van der Waals surface area (Å²) in [4.78, 5) is 0. The first-order valence-corrected chi connectivity index (χ1v) is 6.94. The molecule has 0 bridgehead atoms. The van der Waals surface area contributed by atoms with Crippen molar-refractivity contribution in [3.05, 3.63) is 71.8 Å². The molecule has 0 aromatic heterocycles. The third kappa shape index (κ3) is 6.85. The second kappa shape index (κ2) is 10.6. The predicted molar refractivity (Wildman–Crippen MR) is 91.2 cm³/mol. The second-order valence-corrected chi connectivity index (χ2v) is 4.68. The number of hydrogen-bond donors (Lipinski definition) is 2. The Kier molecular flexibility index (Phi) is 8.96. The van der Waals surface area contributed by atoms with E-state index in [2.05, 4.69) is 71.3 Å². The minimum Gasteiger partial charge on any atom is -0.313 e. The van der Waals surface area contributed by atoms with Gasteiger partial charge >= 0.3 is 0 Å². The summed E-state index contributed by atoms with van der Waals surface area (Å²) in [5.41, 5.74) is 2.69. The summed E-state index contributed by atoms with van der Waals surface area (Å²) < 4.78 is 0. The molecular weight excluding hydrogens is 312 g/mol. The van der Waals surface area contributed by atoms with Gasteiger partial charge in [0.2, 0.25) is 0 Å². The van der Waals surface area contributed by atoms with Crippen molar-refractivity contribution in [3.8, 4) is 0 Å². The van der Waals surface area contributed by atoms with Crippen molar-refractivity contribution in [1.82, 2.24) is 10.6 Å². The molecule has 2 aromatic carbocycles. The van der Waals surface area contributed by atoms with E-state index in [4.69, 9.17) is 0 Å². The van der Waals surface area contributed by atoms with Gasteiger partial charge in [0, 0.05) is 13.1 Å². The number of nitrogens with one attached hydrogen (secondary N) is 2. The zero-order chi connectivity index (χ0) is 13.2. The molecule has 0 fully saturated rings. The zero-order valence-electron chi connectivity index (χ0n) is 11.7. The molecule has 0 heterocycles. The first-order chi connectivity index (χ1) is 9.45. The molecule has 0 radical (unpaired) electrons. The summed E-state index contributed by atoms with van der Waals surface area (Å²) in [6.07, 6.45) is 1.15. The van der Waals surface area contributed by atoms with Gasteiger partial charge in [0.25, 0.3) is 0 Å². The van der Waals surface area contributed by atoms with Crippen molar-refractivity contribution >= 4 is 17.0 Å². The van der Waals surface area contributed by atoms with Crippen LogP contribution < -0.4 is 10.6 Å². The number of halogens is 1. The molecule has 20 heavy (non-hydrogen) atoms. The average molecular weight is 335 g/mol. The summed E-state index contributed by atoms with van der Waals surface area (Å²) in [5, 5.41) is 6.92. The lowest BCUT2D eigenvalue weighted by Gasteiger charge is -2.06. The Morgan fingerprint density at radius 2 is 1.00 bits per heavy atom. The van der Waals surface area contributed by atoms with Gasteiger partial charge in [-0.15, -0.1) is 17.0 Å². The van der Waals surface area contributed by atoms with Crippen LogP contribution in [-0.4, -0.2) is 13.1 Å². The third-order valence-corrected chi connectivity index (χ3v) is 3.05. The maximum atomic E-state index is 3.46. The number of hydrogen-bond acceptors (Lipinski definition) is 2. The minimum absolute atomic E-state index is 0. The van der Waals surface area contributed by atoms with E-state index >= 15 is 0 Å². The molecule has 2 nitrogen and oxygen atoms in total. The van der Waals surface area contributed by atoms with Crippen molar-refractivity contribution < 1.29 is 0 Å². The molecule has 0 aliphatic heterocycles. The van der Waals surface area contributed by atoms with Crippen molar-refractivity contribution in [3.63, 3.8) is 0 Å². The topological polar surface area (TPSA) is 24.1 Å². The van der Waals surface area contributed by atoms with Gasteiger partial charge < -0.3 is 10.6 Å². The van der Waals surface area contributed by atoms with Crippen LogP contribution in [0.15, 0.2) is 60.7 Å². The lowest BCUT2D eigenvalue weighted by Crippen LogP contribution is -2.21. The van der Waals surface area contributed by atoms with Crippen molar-refractivity contribution in [2.24, 2.45) is 0 Å². The Labute approximate surface area is 132 Å². The van der Waals surface area contributed by atoms with E-state index in [9.17, 15) is 0 Å². The fraction of sp³-hybridized carbons (Fsp3) is 0.294. The van der Waals surface area contributed by atoms with Crippen LogP contribution in [0.1, 0.15) is 17.5 Å². The average Bonchev–Trinajstić information content (AvgIpc) is 2.48. The normalized spacial score (nSPS) is 10.0. The van der Waals surface area contributed by atoms with E-state index in [1.54, 1.807) is 0 Å². The summed E-state index contributed by atoms with van der Waals surface area (Å²) >= 11 is 0. The lowest BCUT2D eigenvalue weighted by atomic mass is 10.2. The van der Waals surface area contributed by atoms with Gasteiger partial charge in [-0.25, -0.2) is 0 Å². The molecule has 0 aliphatic rings. The summed E-state index contributed by atoms with van der Waals surface area (Å²) in [6, 6.07) is 21.0. The van der Waals surface area contributed by atoms with Gasteiger partial charge in [0.1, 0.15) is 0 Å². The Morgan fingerprint density at radius 3 is 1.40 bits per heavy atom. The molecule has 0 aliphatic carbocycles. The highest BCUT2D eigenvalue weighted by Gasteiger charge is 1.92. The van der Waals surface area contributed by atoms with Gasteiger partial charge in [-0.05, 0) is 30.6 Å². The van der Waals surface area contributed by atoms with E-state index in [1.165, 1.54) is 11.1 Å². The van der Waals surface area contributed by atoms with Gasteiger partial charge in [-0.1, -0.05) is 60.7 Å². The SMILES string of the molecule is Br.c1ccc(CNCCCNCc2ccccc2)cc1. The molecule has 108 valence electrons. The van der Waals surface area contributed by atoms with Gasteiger partial charge in [-0.2, -0.15) is 0 Å². The molecule has 0 unspecified atom stereocenters. The monoisotopic (exact) mass is 334 g/mol. The van der Waals surface area contributed by atoms with Crippen LogP contribution in [0.25, 0.3) is 0 Å². The largest absolute Gasteiger partial charge is 0.313 e. The molecule has 2 aromatic rings. The second-order valence-electron chi connectivity index (χ2n) is 4.68. The smallest absolute Gasteiger partial charge is 0.0205 e. The molecule has 0 atom stereocenters. The lowest BCUT2D eigenvalue weighted by molar-refractivity contribution is 0.595. The first-order valence-electron chi connectivity index (χ1n) is 6.94. The molecular formula is C17H23BrN2. The Balaban J connectivity index is 0.00000200. The minimum atomic E-state index is 0. The first kappa shape index (κ1) is 16.9. The summed E-state index contributed by atoms with van der Waals surface area (Å²) in [7, 11) is 0. The molecule has 0 saturated heterocycles. The fourth-order valence-electron chi connectivity index (χ4n) is 2.00. The molecule has 3 heteroatoms. The maximum absolute atomic E-state index is 3.46. The van der Waals surface area contributed by atoms with E-state index in [0.29, 0.717) is 0 Å². The van der Waals surface area contributed by atoms with Gasteiger partial charge in [-0.3, -0.25) is 0 Å². The quantitative estimate of drug-likeness (QED) is 0.721. The van der Waals surface area contributed by atoms with Crippen LogP contribution in [0.2, 0.25) is 0 Å². The van der Waals surface area contributed by atoms with Crippen LogP contribution in [0.3, 0.4) is 0 Å². The van der Waals surface area contributed by atoms with Crippen LogP contribution >= 0.6 is 17.0 Å². The van der Waals surface area contributed by atoms with Crippen molar-refractivity contribution in [1.29, 1.82) is 0 Å². The highest BCUT2D eigenvalue weighted by Crippen LogP contribution is 1.98. The molecule has 0 spiro atoms. The number of benzene rings is 2. The molecule has 2 rings (SSSR count). The fourth-order valence-corrected chi connectivity index (χ4v) is 2.00. The zero-order valence-corrected chi connectivity index (χ0v) is 13.4. The van der Waals surface area contributed by atoms with Crippen LogP contribution in [0.4, 0.5) is 0 Å². The maximum Gasteiger partial charge on any atom is 0.0205 e. The summed E-state index contributed by atoms with van der Waals surface area (Å²) in [6.45, 7) is 4.02. The van der Waals surface area contributed by atoms with E-state index < -0.39 is 0 Å². The number of rotatable bonds is 8. The van der Waals surface area contributed by atoms with Gasteiger partial charge in [0.05, 0.1) is 0 Å². The van der Waals surface area contributed by atoms with Crippen LogP contribution in [-0.2, 0) is 13.1 Å². The summed E-state index contributed by atoms with van der Waals surface area (Å²) in [5.74, 6) is 0. The standard InChI is InChI=1S/C17H22N2.BrH/c1-3-8-16(9-4-1)14-18-12-7-13-19-15-17-10-5-2-6-11-17;/h1-6,8-11,18-19H,7,12-15H2;1H. The predicted octanol–water partition coefficient (Wildman–Crippen LogP) is 3.53. The highest BCUT2D eigenvalue weighted by molar-refractivity contribution is 8.93. The van der Waals surface area contributed by atoms with Crippen molar-refractivity contribution in [2.75, 3.05) is 13.1 Å². The Morgan fingerprint density at radius 1 is 0.600 bits per heavy atom. The molecule has 2 N–H and O–H groups in total. The van der Waals surface area contributed by atoms with Gasteiger partial charge in [0.15, 0.2) is 0 Å². The third-order valence-electron chi connectivity index (χ3n) is 3.05. The Bertz CT molecular complexity index is 402. The van der Waals surface area contributed by atoms with Crippen LogP contribution in [0, 0.1) is 0 Å². The van der Waals surface area contributed by atoms with E-state index in [-0.39, 0.29) is 17.0 Å². The molecule has 0 saturated carbocycles. The van der Waals surface area contributed by atoms with Crippen LogP contribution in [0.5, 0.6) is 0 Å². The van der Waals surface area contributed by atoms with E-state index in [1.807, 2.05) is 0 Å². The van der Waals surface area contributed by atoms with E-state index in [0.717, 1.165) is 32.6 Å². The highest BCUT2D eigenvalue weighted by atomic mass is 79.9. The Hall–Kier alpha value is -1.16. The molecule has 0 amide bonds. The van der Waals surface area contributed by atoms with Crippen molar-refractivity contribution in [2.45, 2.75) is 19.5 Å².